The van der Waals surface area contributed by atoms with Crippen molar-refractivity contribution >= 4 is 5.91 Å². The number of nitrogens with zero attached hydrogens (tertiary/aromatic N) is 2. The summed E-state index contributed by atoms with van der Waals surface area (Å²) in [6, 6.07) is 5.35. The van der Waals surface area contributed by atoms with Gasteiger partial charge >= 0.3 is 0 Å². The number of hydrogen-bond donors (Lipinski definition) is 1. The van der Waals surface area contributed by atoms with Crippen molar-refractivity contribution in [2.24, 2.45) is 5.73 Å². The first-order chi connectivity index (χ1) is 7.54. The maximum absolute atomic E-state index is 11.7. The van der Waals surface area contributed by atoms with Crippen LogP contribution in [-0.4, -0.2) is 28.4 Å². The summed E-state index contributed by atoms with van der Waals surface area (Å²) in [6.45, 7) is 6.76. The quantitative estimate of drug-likeness (QED) is 0.827. The highest BCUT2D eigenvalue weighted by Crippen LogP contribution is 2.04. The van der Waals surface area contributed by atoms with Gasteiger partial charge in [0, 0.05) is 12.2 Å². The molecule has 0 saturated carbocycles. The lowest BCUT2D eigenvalue weighted by Crippen LogP contribution is -2.41. The normalized spacial score (nSPS) is 12.2. The predicted molar refractivity (Wildman–Crippen MR) is 63.7 cm³/mol. The average Bonchev–Trinajstić information content (AvgIpc) is 2.25. The third-order valence-corrected chi connectivity index (χ3v) is 2.38. The van der Waals surface area contributed by atoms with E-state index in [0.717, 1.165) is 11.4 Å². The van der Waals surface area contributed by atoms with Crippen molar-refractivity contribution in [3.8, 4) is 0 Å². The fraction of sp³-hybridized carbons (Fsp3) is 0.500. The second kappa shape index (κ2) is 5.61. The van der Waals surface area contributed by atoms with Gasteiger partial charge in [-0.25, -0.2) is 0 Å². The van der Waals surface area contributed by atoms with E-state index in [1.54, 1.807) is 11.8 Å². The summed E-state index contributed by atoms with van der Waals surface area (Å²) in [6.07, 6.45) is 0. The number of amides is 1. The summed E-state index contributed by atoms with van der Waals surface area (Å²) < 4.78 is 0. The molecule has 0 fully saturated rings. The Morgan fingerprint density at radius 2 is 2.25 bits per heavy atom. The third kappa shape index (κ3) is 3.31. The zero-order chi connectivity index (χ0) is 12.1. The molecule has 1 rings (SSSR count). The van der Waals surface area contributed by atoms with Gasteiger partial charge in [0.05, 0.1) is 18.3 Å². The number of aromatic nitrogens is 1. The van der Waals surface area contributed by atoms with Crippen LogP contribution in [0.3, 0.4) is 0 Å². The molecule has 16 heavy (non-hydrogen) atoms. The van der Waals surface area contributed by atoms with Crippen LogP contribution in [0.15, 0.2) is 18.2 Å². The summed E-state index contributed by atoms with van der Waals surface area (Å²) in [4.78, 5) is 17.8. The maximum atomic E-state index is 11.7. The van der Waals surface area contributed by atoms with Gasteiger partial charge in [-0.05, 0) is 32.9 Å². The van der Waals surface area contributed by atoms with E-state index < -0.39 is 6.04 Å². The van der Waals surface area contributed by atoms with Crippen LogP contribution in [0, 0.1) is 6.92 Å². The number of carbonyl (C=O) groups excluding carboxylic acids is 1. The van der Waals surface area contributed by atoms with Crippen LogP contribution in [0.4, 0.5) is 0 Å². The Morgan fingerprint density at radius 1 is 1.56 bits per heavy atom. The molecule has 0 saturated heterocycles. The molecule has 88 valence electrons. The molecule has 1 heterocycles. The smallest absolute Gasteiger partial charge is 0.239 e. The topological polar surface area (TPSA) is 59.2 Å². The molecule has 0 aliphatic heterocycles. The van der Waals surface area contributed by atoms with Crippen molar-refractivity contribution in [3.05, 3.63) is 29.6 Å². The lowest BCUT2D eigenvalue weighted by Gasteiger charge is -2.22. The highest BCUT2D eigenvalue weighted by molar-refractivity contribution is 5.81. The monoisotopic (exact) mass is 221 g/mol. The fourth-order valence-corrected chi connectivity index (χ4v) is 1.52. The Bertz CT molecular complexity index is 363. The van der Waals surface area contributed by atoms with Crippen LogP contribution in [0.25, 0.3) is 0 Å². The molecule has 0 spiro atoms. The number of hydrogen-bond acceptors (Lipinski definition) is 3. The molecule has 2 N–H and O–H groups in total. The molecule has 1 aromatic heterocycles. The van der Waals surface area contributed by atoms with Gasteiger partial charge in [0.15, 0.2) is 0 Å². The Kier molecular flexibility index (Phi) is 4.43. The maximum Gasteiger partial charge on any atom is 0.239 e. The van der Waals surface area contributed by atoms with Crippen LogP contribution in [0.2, 0.25) is 0 Å². The molecule has 1 aromatic rings. The molecule has 1 unspecified atom stereocenters. The predicted octanol–water partition coefficient (Wildman–Crippen LogP) is 1.09. The zero-order valence-electron chi connectivity index (χ0n) is 10.1. The van der Waals surface area contributed by atoms with Gasteiger partial charge in [-0.15, -0.1) is 0 Å². The number of likely N-dealkylation sites (N-methyl/N-ethyl adjacent to an activating group) is 1. The fourth-order valence-electron chi connectivity index (χ4n) is 1.52. The minimum atomic E-state index is -0.454. The molecular formula is C12H19N3O. The van der Waals surface area contributed by atoms with Crippen LogP contribution >= 0.6 is 0 Å². The molecular weight excluding hydrogens is 202 g/mol. The lowest BCUT2D eigenvalue weighted by atomic mass is 10.2. The molecule has 0 radical (unpaired) electrons. The molecule has 0 bridgehead atoms. The van der Waals surface area contributed by atoms with Crippen molar-refractivity contribution in [3.63, 3.8) is 0 Å². The second-order valence-electron chi connectivity index (χ2n) is 3.91. The SMILES string of the molecule is CCN(Cc1cccc(C)n1)C(=O)C(C)N. The number of rotatable bonds is 4. The van der Waals surface area contributed by atoms with Gasteiger partial charge in [0.25, 0.3) is 0 Å². The van der Waals surface area contributed by atoms with E-state index in [-0.39, 0.29) is 5.91 Å². The van der Waals surface area contributed by atoms with Gasteiger partial charge in [0.2, 0.25) is 5.91 Å². The molecule has 1 amide bonds. The van der Waals surface area contributed by atoms with Crippen LogP contribution in [0.1, 0.15) is 25.2 Å². The van der Waals surface area contributed by atoms with E-state index in [1.807, 2.05) is 32.0 Å². The standard InChI is InChI=1S/C12H19N3O/c1-4-15(12(16)10(3)13)8-11-7-5-6-9(2)14-11/h5-7,10H,4,8,13H2,1-3H3. The Morgan fingerprint density at radius 3 is 2.75 bits per heavy atom. The summed E-state index contributed by atoms with van der Waals surface area (Å²) in [5.41, 5.74) is 7.44. The third-order valence-electron chi connectivity index (χ3n) is 2.38. The Labute approximate surface area is 96.5 Å². The van der Waals surface area contributed by atoms with E-state index in [2.05, 4.69) is 4.98 Å². The van der Waals surface area contributed by atoms with Gasteiger partial charge < -0.3 is 10.6 Å². The van der Waals surface area contributed by atoms with Gasteiger partial charge in [0.1, 0.15) is 0 Å². The highest BCUT2D eigenvalue weighted by Gasteiger charge is 2.16. The number of nitrogens with two attached hydrogens (primary N) is 1. The van der Waals surface area contributed by atoms with E-state index in [4.69, 9.17) is 5.73 Å². The second-order valence-corrected chi connectivity index (χ2v) is 3.91. The molecule has 0 aliphatic carbocycles. The zero-order valence-corrected chi connectivity index (χ0v) is 10.1. The van der Waals surface area contributed by atoms with E-state index in [0.29, 0.717) is 13.1 Å². The summed E-state index contributed by atoms with van der Waals surface area (Å²) >= 11 is 0. The Hall–Kier alpha value is -1.42. The van der Waals surface area contributed by atoms with E-state index in [9.17, 15) is 4.79 Å². The highest BCUT2D eigenvalue weighted by atomic mass is 16.2. The minimum absolute atomic E-state index is 0.0363. The molecule has 0 aliphatic rings. The van der Waals surface area contributed by atoms with Gasteiger partial charge in [-0.1, -0.05) is 6.07 Å². The van der Waals surface area contributed by atoms with Crippen molar-refractivity contribution in [2.75, 3.05) is 6.54 Å². The molecule has 4 nitrogen and oxygen atoms in total. The van der Waals surface area contributed by atoms with E-state index >= 15 is 0 Å². The number of carbonyl (C=O) groups is 1. The van der Waals surface area contributed by atoms with Crippen LogP contribution < -0.4 is 5.73 Å². The van der Waals surface area contributed by atoms with Crippen molar-refractivity contribution in [1.29, 1.82) is 0 Å². The molecule has 1 atom stereocenters. The summed E-state index contributed by atoms with van der Waals surface area (Å²) in [5.74, 6) is -0.0363. The summed E-state index contributed by atoms with van der Waals surface area (Å²) in [7, 11) is 0. The first kappa shape index (κ1) is 12.6. The van der Waals surface area contributed by atoms with Crippen molar-refractivity contribution in [1.82, 2.24) is 9.88 Å². The largest absolute Gasteiger partial charge is 0.336 e. The lowest BCUT2D eigenvalue weighted by molar-refractivity contribution is -0.132. The van der Waals surface area contributed by atoms with Crippen LogP contribution in [-0.2, 0) is 11.3 Å². The summed E-state index contributed by atoms with van der Waals surface area (Å²) in [5, 5.41) is 0. The minimum Gasteiger partial charge on any atom is -0.336 e. The number of pyridine rings is 1. The molecule has 4 heteroatoms. The first-order valence-corrected chi connectivity index (χ1v) is 5.51. The number of aryl methyl sites for hydroxylation is 1. The van der Waals surface area contributed by atoms with Crippen molar-refractivity contribution < 1.29 is 4.79 Å². The van der Waals surface area contributed by atoms with Crippen molar-refractivity contribution in [2.45, 2.75) is 33.4 Å². The Balaban J connectivity index is 2.74. The molecule has 0 aromatic carbocycles. The van der Waals surface area contributed by atoms with Gasteiger partial charge in [-0.3, -0.25) is 9.78 Å². The van der Waals surface area contributed by atoms with Gasteiger partial charge in [-0.2, -0.15) is 0 Å². The van der Waals surface area contributed by atoms with Crippen LogP contribution in [0.5, 0.6) is 0 Å². The van der Waals surface area contributed by atoms with E-state index in [1.165, 1.54) is 0 Å². The first-order valence-electron chi connectivity index (χ1n) is 5.51. The average molecular weight is 221 g/mol.